The van der Waals surface area contributed by atoms with E-state index >= 15 is 0 Å². The molecule has 33 heavy (non-hydrogen) atoms. The maximum atomic E-state index is 10.2. The lowest BCUT2D eigenvalue weighted by molar-refractivity contribution is -0.218. The van der Waals surface area contributed by atoms with Crippen LogP contribution in [0.15, 0.2) is 59.2 Å². The number of ether oxygens (including phenoxy) is 2. The number of hydrogen-bond donors (Lipinski definition) is 4. The van der Waals surface area contributed by atoms with Gasteiger partial charge in [0.15, 0.2) is 0 Å². The van der Waals surface area contributed by atoms with Gasteiger partial charge in [0.25, 0.3) is 0 Å². The molecule has 2 aliphatic rings. The highest BCUT2D eigenvalue weighted by Gasteiger charge is 2.43. The minimum atomic E-state index is -1.44. The monoisotopic (exact) mass is 478 g/mol. The van der Waals surface area contributed by atoms with Gasteiger partial charge in [-0.3, -0.25) is 0 Å². The van der Waals surface area contributed by atoms with E-state index in [0.717, 1.165) is 29.7 Å². The first-order chi connectivity index (χ1) is 15.8. The highest BCUT2D eigenvalue weighted by Crippen LogP contribution is 2.27. The first kappa shape index (κ1) is 25.9. The van der Waals surface area contributed by atoms with Crippen molar-refractivity contribution in [1.82, 2.24) is 0 Å². The van der Waals surface area contributed by atoms with Crippen molar-refractivity contribution in [2.45, 2.75) is 82.1 Å². The fourth-order valence-corrected chi connectivity index (χ4v) is 4.41. The molecule has 0 amide bonds. The number of aliphatic hydroxyl groups excluding tert-OH is 4. The summed E-state index contributed by atoms with van der Waals surface area (Å²) in [6.07, 6.45) is 4.15. The van der Waals surface area contributed by atoms with Gasteiger partial charge in [-0.05, 0) is 68.4 Å². The van der Waals surface area contributed by atoms with Crippen LogP contribution in [-0.4, -0.2) is 63.7 Å². The fraction of sp³-hybridized carbons (Fsp3) is 0.538. The third-order valence-electron chi connectivity index (χ3n) is 6.36. The standard InChI is InChI=1S/C26H35ClO6/c1-16(26-25(31)24(30)23(29)22(15-28)33-26)8-13-21(27)17(2)14-18-9-11-20(12-10-18)32-19-6-4-3-5-7-19/h8-13,19,22-26,28-31H,1,3-7,14-15H2,2H3/b13-8-,21-17-/t22-,23-,24+,25-,26+/m1/s1. The van der Waals surface area contributed by atoms with Crippen LogP contribution < -0.4 is 4.74 Å². The molecule has 5 atom stereocenters. The van der Waals surface area contributed by atoms with E-state index in [1.807, 2.05) is 31.2 Å². The summed E-state index contributed by atoms with van der Waals surface area (Å²) < 4.78 is 11.6. The van der Waals surface area contributed by atoms with Gasteiger partial charge in [-0.25, -0.2) is 0 Å². The maximum absolute atomic E-state index is 10.2. The van der Waals surface area contributed by atoms with Crippen molar-refractivity contribution in [2.24, 2.45) is 0 Å². The van der Waals surface area contributed by atoms with Crippen molar-refractivity contribution in [1.29, 1.82) is 0 Å². The van der Waals surface area contributed by atoms with E-state index < -0.39 is 37.1 Å². The predicted octanol–water partition coefficient (Wildman–Crippen LogP) is 3.41. The molecular formula is C26H35ClO6. The van der Waals surface area contributed by atoms with Crippen molar-refractivity contribution < 1.29 is 29.9 Å². The Bertz CT molecular complexity index is 841. The average Bonchev–Trinajstić information content (AvgIpc) is 2.83. The molecule has 6 nitrogen and oxygen atoms in total. The van der Waals surface area contributed by atoms with Crippen LogP contribution in [0.3, 0.4) is 0 Å². The van der Waals surface area contributed by atoms with Crippen molar-refractivity contribution in [3.8, 4) is 5.75 Å². The first-order valence-electron chi connectivity index (χ1n) is 11.6. The minimum Gasteiger partial charge on any atom is -0.490 e. The van der Waals surface area contributed by atoms with Crippen LogP contribution in [0.1, 0.15) is 44.6 Å². The third kappa shape index (κ3) is 6.92. The Morgan fingerprint density at radius 3 is 2.36 bits per heavy atom. The predicted molar refractivity (Wildman–Crippen MR) is 128 cm³/mol. The maximum Gasteiger partial charge on any atom is 0.119 e. The van der Waals surface area contributed by atoms with Gasteiger partial charge in [-0.2, -0.15) is 0 Å². The summed E-state index contributed by atoms with van der Waals surface area (Å²) in [6, 6.07) is 8.09. The molecule has 0 unspecified atom stereocenters. The van der Waals surface area contributed by atoms with Gasteiger partial charge >= 0.3 is 0 Å². The largest absolute Gasteiger partial charge is 0.490 e. The molecule has 2 fully saturated rings. The van der Waals surface area contributed by atoms with E-state index in [2.05, 4.69) is 6.58 Å². The van der Waals surface area contributed by atoms with Crippen molar-refractivity contribution >= 4 is 11.6 Å². The molecule has 0 aromatic heterocycles. The summed E-state index contributed by atoms with van der Waals surface area (Å²) in [7, 11) is 0. The Balaban J connectivity index is 1.57. The number of halogens is 1. The Morgan fingerprint density at radius 1 is 1.06 bits per heavy atom. The summed E-state index contributed by atoms with van der Waals surface area (Å²) in [5.41, 5.74) is 2.44. The molecule has 0 bridgehead atoms. The number of hydrogen-bond acceptors (Lipinski definition) is 6. The van der Waals surface area contributed by atoms with Crippen molar-refractivity contribution in [3.63, 3.8) is 0 Å². The van der Waals surface area contributed by atoms with Crippen LogP contribution in [0.25, 0.3) is 0 Å². The number of allylic oxidation sites excluding steroid dienone is 3. The second kappa shape index (κ2) is 12.2. The lowest BCUT2D eigenvalue weighted by Gasteiger charge is -2.40. The summed E-state index contributed by atoms with van der Waals surface area (Å²) in [5, 5.41) is 40.0. The summed E-state index contributed by atoms with van der Waals surface area (Å²) in [4.78, 5) is 0. The molecule has 4 N–H and O–H groups in total. The minimum absolute atomic E-state index is 0.322. The first-order valence-corrected chi connectivity index (χ1v) is 12.0. The van der Waals surface area contributed by atoms with Gasteiger partial charge in [0, 0.05) is 5.03 Å². The van der Waals surface area contributed by atoms with E-state index in [1.54, 1.807) is 12.2 Å². The van der Waals surface area contributed by atoms with Crippen LogP contribution in [0.2, 0.25) is 0 Å². The summed E-state index contributed by atoms with van der Waals surface area (Å²) in [5.74, 6) is 0.897. The smallest absolute Gasteiger partial charge is 0.119 e. The second-order valence-electron chi connectivity index (χ2n) is 8.98. The fourth-order valence-electron chi connectivity index (χ4n) is 4.28. The molecule has 3 rings (SSSR count). The number of aliphatic hydroxyl groups is 4. The molecule has 1 aromatic carbocycles. The van der Waals surface area contributed by atoms with Crippen LogP contribution in [0.5, 0.6) is 5.75 Å². The van der Waals surface area contributed by atoms with Crippen LogP contribution in [0.4, 0.5) is 0 Å². The molecule has 1 saturated carbocycles. The normalized spacial score (nSPS) is 29.7. The van der Waals surface area contributed by atoms with Crippen LogP contribution >= 0.6 is 11.6 Å². The molecule has 1 heterocycles. The van der Waals surface area contributed by atoms with Gasteiger partial charge in [0.05, 0.1) is 12.7 Å². The molecule has 0 radical (unpaired) electrons. The van der Waals surface area contributed by atoms with Gasteiger partial charge in [-0.1, -0.05) is 48.4 Å². The van der Waals surface area contributed by atoms with Gasteiger partial charge in [-0.15, -0.1) is 0 Å². The van der Waals surface area contributed by atoms with Crippen LogP contribution in [-0.2, 0) is 11.2 Å². The highest BCUT2D eigenvalue weighted by molar-refractivity contribution is 6.31. The molecule has 7 heteroatoms. The molecule has 1 aliphatic carbocycles. The molecule has 0 spiro atoms. The molecular weight excluding hydrogens is 444 g/mol. The SMILES string of the molecule is C=C(/C=C\C(Cl)=C(/C)Cc1ccc(OC2CCCCC2)cc1)[C@@H]1O[C@H](CO)[C@@H](O)[C@H](O)[C@H]1O. The van der Waals surface area contributed by atoms with E-state index in [9.17, 15) is 20.4 Å². The lowest BCUT2D eigenvalue weighted by Crippen LogP contribution is -2.58. The summed E-state index contributed by atoms with van der Waals surface area (Å²) in [6.45, 7) is 5.35. The van der Waals surface area contributed by atoms with E-state index in [1.165, 1.54) is 19.3 Å². The Kier molecular flexibility index (Phi) is 9.56. The Morgan fingerprint density at radius 2 is 1.73 bits per heavy atom. The molecule has 1 aromatic rings. The van der Waals surface area contributed by atoms with E-state index in [0.29, 0.717) is 23.1 Å². The topological polar surface area (TPSA) is 99.4 Å². The molecule has 1 saturated heterocycles. The third-order valence-corrected chi connectivity index (χ3v) is 6.81. The average molecular weight is 479 g/mol. The van der Waals surface area contributed by atoms with Gasteiger partial charge in [0.2, 0.25) is 0 Å². The zero-order chi connectivity index (χ0) is 24.0. The lowest BCUT2D eigenvalue weighted by atomic mass is 9.91. The zero-order valence-electron chi connectivity index (χ0n) is 19.1. The summed E-state index contributed by atoms with van der Waals surface area (Å²) >= 11 is 6.46. The second-order valence-corrected chi connectivity index (χ2v) is 9.39. The molecule has 182 valence electrons. The van der Waals surface area contributed by atoms with E-state index in [4.69, 9.17) is 21.1 Å². The van der Waals surface area contributed by atoms with Crippen molar-refractivity contribution in [2.75, 3.05) is 6.61 Å². The zero-order valence-corrected chi connectivity index (χ0v) is 19.8. The van der Waals surface area contributed by atoms with Gasteiger partial charge in [0.1, 0.15) is 36.3 Å². The number of rotatable bonds is 8. The highest BCUT2D eigenvalue weighted by atomic mass is 35.5. The van der Waals surface area contributed by atoms with Crippen molar-refractivity contribution in [3.05, 3.63) is 64.7 Å². The van der Waals surface area contributed by atoms with E-state index in [-0.39, 0.29) is 0 Å². The van der Waals surface area contributed by atoms with Crippen LogP contribution in [0, 0.1) is 0 Å². The Hall–Kier alpha value is -1.67. The quantitative estimate of drug-likeness (QED) is 0.427. The van der Waals surface area contributed by atoms with Gasteiger partial charge < -0.3 is 29.9 Å². The Labute approximate surface area is 200 Å². The number of benzene rings is 1. The molecule has 1 aliphatic heterocycles.